The van der Waals surface area contributed by atoms with Crippen molar-refractivity contribution in [3.63, 3.8) is 0 Å². The minimum absolute atomic E-state index is 0.726. The molecule has 0 fully saturated rings. The lowest BCUT2D eigenvalue weighted by Gasteiger charge is -2.12. The molecule has 5 aromatic rings. The molecule has 1 N–H and O–H groups in total. The topological polar surface area (TPSA) is 34.3 Å². The van der Waals surface area contributed by atoms with Crippen LogP contribution in [0, 0.1) is 0 Å². The van der Waals surface area contributed by atoms with Crippen LogP contribution in [0.5, 0.6) is 0 Å². The number of aryl methyl sites for hydroxylation is 2. The Balaban J connectivity index is 1.48. The van der Waals surface area contributed by atoms with Gasteiger partial charge in [0.1, 0.15) is 16.3 Å². The Morgan fingerprint density at radius 3 is 2.36 bits per heavy atom. The normalized spacial score (nSPS) is 13.0. The average molecular weight is 511 g/mol. The number of thiocarbonyl (C=S) groups is 1. The van der Waals surface area contributed by atoms with Gasteiger partial charge in [0, 0.05) is 34.8 Å². The fourth-order valence-electron chi connectivity index (χ4n) is 5.23. The third-order valence-electron chi connectivity index (χ3n) is 6.91. The van der Waals surface area contributed by atoms with Crippen LogP contribution in [0.15, 0.2) is 84.9 Å². The van der Waals surface area contributed by atoms with Crippen molar-refractivity contribution in [3.8, 4) is 22.5 Å². The average Bonchev–Trinajstić information content (AvgIpc) is 3.33. The summed E-state index contributed by atoms with van der Waals surface area (Å²) in [5.74, 6) is 0.956. The lowest BCUT2D eigenvalue weighted by molar-refractivity contribution is 0.645. The molecule has 1 aliphatic rings. The number of hydrogen-bond acceptors (Lipinski definition) is 2. The minimum atomic E-state index is 0.726. The lowest BCUT2D eigenvalue weighted by atomic mass is 9.98. The maximum absolute atomic E-state index is 6.18. The summed E-state index contributed by atoms with van der Waals surface area (Å²) in [6.07, 6.45) is 4.17. The second kappa shape index (κ2) is 9.92. The van der Waals surface area contributed by atoms with Crippen LogP contribution in [0.1, 0.15) is 29.7 Å². The fourth-order valence-corrected chi connectivity index (χ4v) is 5.64. The van der Waals surface area contributed by atoms with Crippen LogP contribution in [0.25, 0.3) is 28.2 Å². The molecule has 0 saturated heterocycles. The monoisotopic (exact) mass is 510 g/mol. The summed E-state index contributed by atoms with van der Waals surface area (Å²) >= 11 is 12.2. The first kappa shape index (κ1) is 23.0. The van der Waals surface area contributed by atoms with Crippen LogP contribution in [-0.4, -0.2) is 25.7 Å². The highest BCUT2D eigenvalue weighted by atomic mass is 35.5. The van der Waals surface area contributed by atoms with Gasteiger partial charge in [0.2, 0.25) is 0 Å². The first-order valence-corrected chi connectivity index (χ1v) is 13.3. The number of nitrogens with one attached hydrogen (secondary N) is 1. The highest BCUT2D eigenvalue weighted by Crippen LogP contribution is 2.38. The molecular weight excluding hydrogens is 484 g/mol. The summed E-state index contributed by atoms with van der Waals surface area (Å²) < 4.78 is 4.46. The van der Waals surface area contributed by atoms with E-state index in [1.54, 1.807) is 0 Å². The summed E-state index contributed by atoms with van der Waals surface area (Å²) in [4.78, 5) is 0.735. The van der Waals surface area contributed by atoms with Crippen LogP contribution >= 0.6 is 23.8 Å². The smallest absolute Gasteiger partial charge is 0.162 e. The van der Waals surface area contributed by atoms with Gasteiger partial charge in [-0.15, -0.1) is 5.10 Å². The molecule has 3 heterocycles. The van der Waals surface area contributed by atoms with E-state index in [1.165, 1.54) is 22.3 Å². The molecule has 6 heteroatoms. The van der Waals surface area contributed by atoms with E-state index in [2.05, 4.69) is 69.0 Å². The third kappa shape index (κ3) is 4.23. The quantitative estimate of drug-likeness (QED) is 0.250. The Labute approximate surface area is 221 Å². The molecule has 0 spiro atoms. The summed E-state index contributed by atoms with van der Waals surface area (Å²) in [5.41, 5.74) is 8.19. The number of halogens is 1. The van der Waals surface area contributed by atoms with Crippen LogP contribution in [-0.2, 0) is 19.4 Å². The Morgan fingerprint density at radius 2 is 1.61 bits per heavy atom. The van der Waals surface area contributed by atoms with E-state index in [0.717, 1.165) is 71.5 Å². The zero-order valence-electron chi connectivity index (χ0n) is 20.0. The third-order valence-corrected chi connectivity index (χ3v) is 7.50. The molecule has 0 amide bonds. The van der Waals surface area contributed by atoms with Crippen LogP contribution in [0.2, 0.25) is 5.02 Å². The van der Waals surface area contributed by atoms with Crippen molar-refractivity contribution in [1.82, 2.24) is 19.5 Å². The molecule has 0 atom stereocenters. The molecule has 4 nitrogen and oxygen atoms in total. The van der Waals surface area contributed by atoms with E-state index < -0.39 is 0 Å². The van der Waals surface area contributed by atoms with Crippen molar-refractivity contribution < 1.29 is 0 Å². The van der Waals surface area contributed by atoms with Gasteiger partial charge in [-0.2, -0.15) is 0 Å². The molecule has 0 saturated carbocycles. The SMILES string of the molecule is S=C(NCCc1ccccc1)c1c(-c2ccccc2)c2c3n(c(-c4ccc(Cl)cc4)nn13)CCCC2. The highest BCUT2D eigenvalue weighted by molar-refractivity contribution is 7.80. The molecule has 2 aromatic heterocycles. The first-order valence-electron chi connectivity index (χ1n) is 12.5. The standard InChI is InChI=1S/C30H27ClN4S/c31-24-16-14-23(15-17-24)28-33-35-27(29(36)32-19-18-21-9-3-1-4-10-21)26(22-11-5-2-6-12-22)25-13-7-8-20-34(28)30(25)35/h1-6,9-12,14-17H,7-8,13,18-20H2,(H,32,36). The van der Waals surface area contributed by atoms with Crippen LogP contribution in [0.4, 0.5) is 0 Å². The number of benzene rings is 3. The van der Waals surface area contributed by atoms with Gasteiger partial charge < -0.3 is 9.88 Å². The zero-order chi connectivity index (χ0) is 24.5. The Bertz CT molecular complexity index is 1520. The molecule has 180 valence electrons. The van der Waals surface area contributed by atoms with E-state index in [1.807, 2.05) is 30.3 Å². The molecule has 6 rings (SSSR count). The van der Waals surface area contributed by atoms with Crippen molar-refractivity contribution in [2.75, 3.05) is 6.54 Å². The highest BCUT2D eigenvalue weighted by Gasteiger charge is 2.29. The molecule has 0 unspecified atom stereocenters. The maximum atomic E-state index is 6.18. The van der Waals surface area contributed by atoms with E-state index in [4.69, 9.17) is 28.9 Å². The minimum Gasteiger partial charge on any atom is -0.374 e. The predicted molar refractivity (Wildman–Crippen MR) is 152 cm³/mol. The van der Waals surface area contributed by atoms with E-state index in [-0.39, 0.29) is 0 Å². The Kier molecular flexibility index (Phi) is 6.34. The van der Waals surface area contributed by atoms with Crippen molar-refractivity contribution in [3.05, 3.63) is 107 Å². The van der Waals surface area contributed by atoms with Gasteiger partial charge in [-0.3, -0.25) is 0 Å². The second-order valence-corrected chi connectivity index (χ2v) is 10.1. The Hall–Kier alpha value is -3.41. The van der Waals surface area contributed by atoms with Crippen molar-refractivity contribution >= 4 is 34.5 Å². The van der Waals surface area contributed by atoms with Crippen molar-refractivity contribution in [1.29, 1.82) is 0 Å². The number of nitrogens with zero attached hydrogens (tertiary/aromatic N) is 3. The molecular formula is C30H27ClN4S. The van der Waals surface area contributed by atoms with Gasteiger partial charge in [0.05, 0.1) is 0 Å². The molecule has 0 radical (unpaired) electrons. The lowest BCUT2D eigenvalue weighted by Crippen LogP contribution is -2.26. The first-order chi connectivity index (χ1) is 17.7. The van der Waals surface area contributed by atoms with E-state index in [0.29, 0.717) is 0 Å². The summed E-state index contributed by atoms with van der Waals surface area (Å²) in [5, 5.41) is 9.44. The zero-order valence-corrected chi connectivity index (χ0v) is 21.5. The molecule has 36 heavy (non-hydrogen) atoms. The number of hydrogen-bond donors (Lipinski definition) is 1. The second-order valence-electron chi connectivity index (χ2n) is 9.23. The van der Waals surface area contributed by atoms with Crippen LogP contribution in [0.3, 0.4) is 0 Å². The van der Waals surface area contributed by atoms with Crippen LogP contribution < -0.4 is 5.32 Å². The predicted octanol–water partition coefficient (Wildman–Crippen LogP) is 6.97. The maximum Gasteiger partial charge on any atom is 0.162 e. The van der Waals surface area contributed by atoms with E-state index >= 15 is 0 Å². The van der Waals surface area contributed by atoms with Crippen molar-refractivity contribution in [2.45, 2.75) is 32.2 Å². The van der Waals surface area contributed by atoms with Gasteiger partial charge >= 0.3 is 0 Å². The van der Waals surface area contributed by atoms with Gasteiger partial charge in [-0.25, -0.2) is 4.52 Å². The van der Waals surface area contributed by atoms with Crippen molar-refractivity contribution in [2.24, 2.45) is 0 Å². The number of rotatable bonds is 6. The summed E-state index contributed by atoms with van der Waals surface area (Å²) in [6.45, 7) is 1.70. The van der Waals surface area contributed by atoms with Gasteiger partial charge in [-0.1, -0.05) is 84.5 Å². The van der Waals surface area contributed by atoms with Gasteiger partial charge in [-0.05, 0) is 61.1 Å². The largest absolute Gasteiger partial charge is 0.374 e. The Morgan fingerprint density at radius 1 is 0.889 bits per heavy atom. The van der Waals surface area contributed by atoms with E-state index in [9.17, 15) is 0 Å². The number of aromatic nitrogens is 3. The van der Waals surface area contributed by atoms with Gasteiger partial charge in [0.15, 0.2) is 5.82 Å². The fraction of sp³-hybridized carbons (Fsp3) is 0.200. The molecule has 3 aromatic carbocycles. The van der Waals surface area contributed by atoms with Gasteiger partial charge in [0.25, 0.3) is 0 Å². The molecule has 1 aliphatic heterocycles. The summed E-state index contributed by atoms with van der Waals surface area (Å²) in [7, 11) is 0. The molecule has 0 bridgehead atoms. The molecule has 0 aliphatic carbocycles. The summed E-state index contributed by atoms with van der Waals surface area (Å²) in [6, 6.07) is 29.1.